The maximum absolute atomic E-state index is 13.1. The third-order valence-corrected chi connectivity index (χ3v) is 6.23. The summed E-state index contributed by atoms with van der Waals surface area (Å²) in [6.45, 7) is 2.09. The number of aryl methyl sites for hydroxylation is 1. The number of nitrogens with zero attached hydrogens (tertiary/aromatic N) is 1. The van der Waals surface area contributed by atoms with Gasteiger partial charge in [-0.15, -0.1) is 0 Å². The summed E-state index contributed by atoms with van der Waals surface area (Å²) in [4.78, 5) is 39.8. The number of aromatic amines is 1. The number of carbonyl (C=O) groups excluding carboxylic acids is 1. The summed E-state index contributed by atoms with van der Waals surface area (Å²) in [7, 11) is 0. The van der Waals surface area contributed by atoms with Crippen LogP contribution in [-0.4, -0.2) is 39.8 Å². The van der Waals surface area contributed by atoms with E-state index in [1.54, 1.807) is 6.92 Å². The van der Waals surface area contributed by atoms with E-state index in [0.717, 1.165) is 11.1 Å². The van der Waals surface area contributed by atoms with Crippen molar-refractivity contribution in [2.24, 2.45) is 0 Å². The highest BCUT2D eigenvalue weighted by Gasteiger charge is 2.67. The molecule has 9 nitrogen and oxygen atoms in total. The van der Waals surface area contributed by atoms with Gasteiger partial charge in [-0.1, -0.05) is 60.7 Å². The number of ether oxygens (including phenoxy) is 3. The Kier molecular flexibility index (Phi) is 5.91. The van der Waals surface area contributed by atoms with E-state index in [2.05, 4.69) is 10.3 Å². The second-order valence-electron chi connectivity index (χ2n) is 8.57. The zero-order valence-corrected chi connectivity index (χ0v) is 18.6. The lowest BCUT2D eigenvalue weighted by molar-refractivity contribution is -0.179. The molecule has 176 valence electrons. The number of hydrogen-bond donors (Lipinski definition) is 2. The summed E-state index contributed by atoms with van der Waals surface area (Å²) in [6.07, 6.45) is -0.132. The molecule has 5 rings (SSSR count). The predicted octanol–water partition coefficient (Wildman–Crippen LogP) is 1.41. The summed E-state index contributed by atoms with van der Waals surface area (Å²) in [5.41, 5.74) is -0.278. The summed E-state index contributed by atoms with van der Waals surface area (Å²) < 4.78 is 19.7. The molecular weight excluding hydrogens is 438 g/mol. The molecule has 4 atom stereocenters. The molecule has 2 N–H and O–H groups in total. The van der Waals surface area contributed by atoms with Crippen LogP contribution in [0.3, 0.4) is 0 Å². The average molecular weight is 463 g/mol. The molecule has 9 heteroatoms. The number of amides is 1. The fourth-order valence-electron chi connectivity index (χ4n) is 4.48. The molecule has 3 unspecified atom stereocenters. The Hall–Kier alpha value is -3.53. The van der Waals surface area contributed by atoms with E-state index in [0.29, 0.717) is 5.56 Å². The van der Waals surface area contributed by atoms with Crippen LogP contribution < -0.4 is 16.6 Å². The van der Waals surface area contributed by atoms with Crippen LogP contribution in [0, 0.1) is 6.92 Å². The molecule has 2 aliphatic rings. The van der Waals surface area contributed by atoms with Crippen LogP contribution in [-0.2, 0) is 32.2 Å². The summed E-state index contributed by atoms with van der Waals surface area (Å²) in [5.74, 6) is -0.353. The highest BCUT2D eigenvalue weighted by atomic mass is 16.6. The molecule has 2 fully saturated rings. The van der Waals surface area contributed by atoms with Gasteiger partial charge < -0.3 is 19.5 Å². The van der Waals surface area contributed by atoms with Crippen molar-refractivity contribution in [3.05, 3.63) is 104 Å². The second kappa shape index (κ2) is 9.02. The second-order valence-corrected chi connectivity index (χ2v) is 8.57. The number of hydrogen-bond acceptors (Lipinski definition) is 6. The van der Waals surface area contributed by atoms with Crippen molar-refractivity contribution in [3.8, 4) is 0 Å². The van der Waals surface area contributed by atoms with Crippen LogP contribution in [0.5, 0.6) is 0 Å². The van der Waals surface area contributed by atoms with E-state index in [-0.39, 0.29) is 25.7 Å². The maximum Gasteiger partial charge on any atom is 0.330 e. The molecule has 0 spiro atoms. The standard InChI is InChI=1S/C25H25N3O6/c1-16-12-28(24(31)27-21(16)29)22-19-20(33-14-18-10-6-3-7-11-18)25(34-22,23(30)26-19)15-32-13-17-8-4-2-5-9-17/h2-12,19-20,22H,13-15H2,1H3,(H,26,30)(H,27,29,31)/t19?,20?,22-,25?/m1/s1. The molecule has 2 bridgehead atoms. The molecule has 3 heterocycles. The minimum absolute atomic E-state index is 0.0583. The molecule has 0 radical (unpaired) electrons. The van der Waals surface area contributed by atoms with Crippen LogP contribution in [0.4, 0.5) is 0 Å². The molecule has 1 amide bonds. The third kappa shape index (κ3) is 3.98. The van der Waals surface area contributed by atoms with Crippen LogP contribution in [0.25, 0.3) is 0 Å². The van der Waals surface area contributed by atoms with E-state index in [9.17, 15) is 14.4 Å². The van der Waals surface area contributed by atoms with Crippen molar-refractivity contribution in [1.82, 2.24) is 14.9 Å². The first-order chi connectivity index (χ1) is 16.5. The molecule has 3 aromatic rings. The van der Waals surface area contributed by atoms with E-state index < -0.39 is 35.2 Å². The van der Waals surface area contributed by atoms with Crippen LogP contribution in [0.1, 0.15) is 22.9 Å². The number of fused-ring (bicyclic) bond motifs is 2. The van der Waals surface area contributed by atoms with Gasteiger partial charge in [-0.2, -0.15) is 0 Å². The van der Waals surface area contributed by atoms with E-state index >= 15 is 0 Å². The molecule has 2 aliphatic heterocycles. The lowest BCUT2D eigenvalue weighted by Crippen LogP contribution is -2.53. The minimum atomic E-state index is -1.44. The number of rotatable bonds is 8. The number of nitrogens with one attached hydrogen (secondary N) is 2. The first-order valence-corrected chi connectivity index (χ1v) is 11.1. The van der Waals surface area contributed by atoms with Crippen LogP contribution in [0.15, 0.2) is 76.4 Å². The van der Waals surface area contributed by atoms with Crippen molar-refractivity contribution in [1.29, 1.82) is 0 Å². The van der Waals surface area contributed by atoms with E-state index in [1.165, 1.54) is 10.8 Å². The highest BCUT2D eigenvalue weighted by molar-refractivity contribution is 5.90. The van der Waals surface area contributed by atoms with Gasteiger partial charge in [0.15, 0.2) is 11.8 Å². The van der Waals surface area contributed by atoms with Crippen molar-refractivity contribution < 1.29 is 19.0 Å². The smallest absolute Gasteiger partial charge is 0.330 e. The Balaban J connectivity index is 1.44. The molecule has 0 saturated carbocycles. The molecule has 2 saturated heterocycles. The van der Waals surface area contributed by atoms with Gasteiger partial charge >= 0.3 is 5.69 Å². The fraction of sp³-hybridized carbons (Fsp3) is 0.320. The monoisotopic (exact) mass is 463 g/mol. The number of morpholine rings is 1. The normalized spacial score (nSPS) is 25.4. The van der Waals surface area contributed by atoms with Gasteiger partial charge in [0, 0.05) is 11.8 Å². The minimum Gasteiger partial charge on any atom is -0.373 e. The number of carbonyl (C=O) groups is 1. The van der Waals surface area contributed by atoms with Gasteiger partial charge in [0.25, 0.3) is 11.5 Å². The summed E-state index contributed by atoms with van der Waals surface area (Å²) >= 11 is 0. The van der Waals surface area contributed by atoms with E-state index in [4.69, 9.17) is 14.2 Å². The Labute approximate surface area is 195 Å². The SMILES string of the molecule is Cc1cn([C@@H]2OC3(COCc4ccccc4)C(=O)NC2C3OCc2ccccc2)c(=O)[nH]c1=O. The van der Waals surface area contributed by atoms with Crippen LogP contribution >= 0.6 is 0 Å². The molecular formula is C25H25N3O6. The maximum atomic E-state index is 13.1. The van der Waals surface area contributed by atoms with Crippen molar-refractivity contribution >= 4 is 5.91 Å². The van der Waals surface area contributed by atoms with Gasteiger partial charge in [-0.25, -0.2) is 4.79 Å². The van der Waals surface area contributed by atoms with Gasteiger partial charge in [0.1, 0.15) is 12.1 Å². The predicted molar refractivity (Wildman–Crippen MR) is 122 cm³/mol. The van der Waals surface area contributed by atoms with E-state index in [1.807, 2.05) is 60.7 Å². The molecule has 0 aliphatic carbocycles. The fourth-order valence-corrected chi connectivity index (χ4v) is 4.48. The zero-order valence-electron chi connectivity index (χ0n) is 18.6. The van der Waals surface area contributed by atoms with Gasteiger partial charge in [-0.3, -0.25) is 19.1 Å². The Morgan fingerprint density at radius 3 is 2.29 bits per heavy atom. The quantitative estimate of drug-likeness (QED) is 0.523. The molecule has 34 heavy (non-hydrogen) atoms. The topological polar surface area (TPSA) is 112 Å². The number of H-pyrrole nitrogens is 1. The average Bonchev–Trinajstić information content (AvgIpc) is 3.29. The lowest BCUT2D eigenvalue weighted by Gasteiger charge is -2.30. The van der Waals surface area contributed by atoms with Gasteiger partial charge in [0.05, 0.1) is 19.8 Å². The first-order valence-electron chi connectivity index (χ1n) is 11.1. The largest absolute Gasteiger partial charge is 0.373 e. The molecule has 1 aromatic heterocycles. The van der Waals surface area contributed by atoms with Gasteiger partial charge in [0.2, 0.25) is 0 Å². The zero-order chi connectivity index (χ0) is 23.7. The summed E-state index contributed by atoms with van der Waals surface area (Å²) in [6, 6.07) is 18.5. The number of benzene rings is 2. The Bertz CT molecular complexity index is 1290. The Morgan fingerprint density at radius 1 is 0.971 bits per heavy atom. The third-order valence-electron chi connectivity index (χ3n) is 6.23. The molecule has 2 aromatic carbocycles. The van der Waals surface area contributed by atoms with Crippen molar-refractivity contribution in [3.63, 3.8) is 0 Å². The first kappa shape index (κ1) is 22.3. The number of aromatic nitrogens is 2. The van der Waals surface area contributed by atoms with Crippen molar-refractivity contribution in [2.45, 2.75) is 44.1 Å². The van der Waals surface area contributed by atoms with Gasteiger partial charge in [-0.05, 0) is 18.1 Å². The highest BCUT2D eigenvalue weighted by Crippen LogP contribution is 2.44. The summed E-state index contributed by atoms with van der Waals surface area (Å²) in [5, 5.41) is 2.92. The van der Waals surface area contributed by atoms with Crippen LogP contribution in [0.2, 0.25) is 0 Å². The Morgan fingerprint density at radius 2 is 1.62 bits per heavy atom. The lowest BCUT2D eigenvalue weighted by atomic mass is 9.99. The van der Waals surface area contributed by atoms with Crippen molar-refractivity contribution in [2.75, 3.05) is 6.61 Å².